The first kappa shape index (κ1) is 22.1. The zero-order chi connectivity index (χ0) is 24.2. The molecule has 3 N–H and O–H groups in total. The van der Waals surface area contributed by atoms with Crippen molar-refractivity contribution >= 4 is 17.3 Å². The van der Waals surface area contributed by atoms with E-state index in [2.05, 4.69) is 58.8 Å². The lowest BCUT2D eigenvalue weighted by Crippen LogP contribution is -2.52. The molecular formula is C24H24N10O. The number of para-hydroxylation sites is 1. The number of phenolic OH excluding ortho intramolecular Hbond substituents is 1. The van der Waals surface area contributed by atoms with E-state index in [4.69, 9.17) is 5.73 Å². The van der Waals surface area contributed by atoms with E-state index in [1.807, 2.05) is 24.3 Å². The molecule has 0 aliphatic carbocycles. The number of nitrogens with two attached hydrogens (primary N) is 1. The van der Waals surface area contributed by atoms with Gasteiger partial charge in [0.2, 0.25) is 5.82 Å². The highest BCUT2D eigenvalue weighted by Crippen LogP contribution is 2.33. The Morgan fingerprint density at radius 1 is 1.17 bits per heavy atom. The van der Waals surface area contributed by atoms with Crippen LogP contribution in [0, 0.1) is 11.8 Å². The van der Waals surface area contributed by atoms with Crippen LogP contribution in [0.5, 0.6) is 5.75 Å². The largest absolute Gasteiger partial charge is 0.507 e. The van der Waals surface area contributed by atoms with Gasteiger partial charge in [0, 0.05) is 37.4 Å². The number of phenols is 1. The van der Waals surface area contributed by atoms with Crippen LogP contribution in [-0.4, -0.2) is 65.7 Å². The molecule has 176 valence electrons. The molecule has 1 aliphatic rings. The Morgan fingerprint density at radius 2 is 2.06 bits per heavy atom. The predicted molar refractivity (Wildman–Crippen MR) is 131 cm³/mol. The fourth-order valence-electron chi connectivity index (χ4n) is 4.07. The molecule has 1 saturated heterocycles. The Labute approximate surface area is 202 Å². The molecule has 0 spiro atoms. The topological polar surface area (TPSA) is 135 Å². The number of nitrogens with zero attached hydrogens (tertiary/aromatic N) is 9. The Morgan fingerprint density at radius 3 is 2.86 bits per heavy atom. The monoisotopic (exact) mass is 468 g/mol. The molecule has 1 aliphatic heterocycles. The van der Waals surface area contributed by atoms with Crippen LogP contribution in [0.15, 0.2) is 55.2 Å². The second kappa shape index (κ2) is 9.64. The third-order valence-electron chi connectivity index (χ3n) is 5.79. The van der Waals surface area contributed by atoms with Gasteiger partial charge in [-0.3, -0.25) is 0 Å². The van der Waals surface area contributed by atoms with Crippen molar-refractivity contribution in [1.29, 1.82) is 0 Å². The molecule has 35 heavy (non-hydrogen) atoms. The highest BCUT2D eigenvalue weighted by molar-refractivity contribution is 5.74. The fraction of sp³-hybridized carbons (Fsp3) is 0.250. The molecule has 0 amide bonds. The predicted octanol–water partition coefficient (Wildman–Crippen LogP) is 1.58. The van der Waals surface area contributed by atoms with Crippen molar-refractivity contribution in [3.8, 4) is 28.8 Å². The fourth-order valence-corrected chi connectivity index (χ4v) is 4.07. The number of aromatic nitrogens is 7. The van der Waals surface area contributed by atoms with Gasteiger partial charge in [-0.2, -0.15) is 5.10 Å². The molecule has 3 aromatic heterocycles. The highest BCUT2D eigenvalue weighted by Gasteiger charge is 2.27. The highest BCUT2D eigenvalue weighted by atomic mass is 16.3. The SMILES string of the molecule is C[C@@H]1CN(c2ccnc(C#CCn3cncn3)n2)CCN1c1cc(-c2ccccc2O)nnc1N. The van der Waals surface area contributed by atoms with E-state index in [9.17, 15) is 5.11 Å². The van der Waals surface area contributed by atoms with Crippen molar-refractivity contribution in [2.24, 2.45) is 0 Å². The molecule has 4 heterocycles. The van der Waals surface area contributed by atoms with Gasteiger partial charge >= 0.3 is 0 Å². The molecule has 0 saturated carbocycles. The van der Waals surface area contributed by atoms with Gasteiger partial charge in [-0.25, -0.2) is 19.6 Å². The quantitative estimate of drug-likeness (QED) is 0.425. The molecule has 0 unspecified atom stereocenters. The second-order valence-corrected chi connectivity index (χ2v) is 8.14. The van der Waals surface area contributed by atoms with Crippen LogP contribution >= 0.6 is 0 Å². The van der Waals surface area contributed by atoms with Gasteiger partial charge in [-0.15, -0.1) is 10.2 Å². The smallest absolute Gasteiger partial charge is 0.206 e. The number of rotatable bonds is 4. The molecule has 11 heteroatoms. The maximum Gasteiger partial charge on any atom is 0.206 e. The zero-order valence-electron chi connectivity index (χ0n) is 19.2. The second-order valence-electron chi connectivity index (χ2n) is 8.14. The van der Waals surface area contributed by atoms with Crippen LogP contribution in [0.1, 0.15) is 12.7 Å². The first-order chi connectivity index (χ1) is 17.1. The van der Waals surface area contributed by atoms with Crippen LogP contribution in [0.4, 0.5) is 17.3 Å². The van der Waals surface area contributed by atoms with Gasteiger partial charge in [0.05, 0.1) is 11.4 Å². The summed E-state index contributed by atoms with van der Waals surface area (Å²) in [5.41, 5.74) is 8.20. The maximum atomic E-state index is 10.2. The summed E-state index contributed by atoms with van der Waals surface area (Å²) in [5, 5.41) is 22.6. The summed E-state index contributed by atoms with van der Waals surface area (Å²) < 4.78 is 1.64. The maximum absolute atomic E-state index is 10.2. The molecule has 1 atom stereocenters. The van der Waals surface area contributed by atoms with E-state index in [0.717, 1.165) is 24.6 Å². The minimum atomic E-state index is 0.129. The number of piperazine rings is 1. The lowest BCUT2D eigenvalue weighted by atomic mass is 10.1. The van der Waals surface area contributed by atoms with Crippen molar-refractivity contribution in [1.82, 2.24) is 34.9 Å². The third kappa shape index (κ3) is 4.81. The lowest BCUT2D eigenvalue weighted by Gasteiger charge is -2.41. The summed E-state index contributed by atoms with van der Waals surface area (Å²) in [4.78, 5) is 17.2. The summed E-state index contributed by atoms with van der Waals surface area (Å²) in [6.07, 6.45) is 4.81. The van der Waals surface area contributed by atoms with Crippen LogP contribution in [0.25, 0.3) is 11.3 Å². The molecular weight excluding hydrogens is 444 g/mol. The Balaban J connectivity index is 1.31. The number of anilines is 3. The van der Waals surface area contributed by atoms with Gasteiger partial charge < -0.3 is 20.6 Å². The van der Waals surface area contributed by atoms with Crippen LogP contribution in [0.3, 0.4) is 0 Å². The van der Waals surface area contributed by atoms with Crippen LogP contribution < -0.4 is 15.5 Å². The van der Waals surface area contributed by atoms with Crippen molar-refractivity contribution in [2.45, 2.75) is 19.5 Å². The summed E-state index contributed by atoms with van der Waals surface area (Å²) in [6, 6.07) is 11.0. The zero-order valence-corrected chi connectivity index (χ0v) is 19.2. The number of hydrogen-bond donors (Lipinski definition) is 2. The van der Waals surface area contributed by atoms with Gasteiger partial charge in [0.25, 0.3) is 0 Å². The van der Waals surface area contributed by atoms with E-state index in [1.165, 1.54) is 6.33 Å². The van der Waals surface area contributed by atoms with Gasteiger partial charge in [-0.05, 0) is 37.1 Å². The minimum Gasteiger partial charge on any atom is -0.507 e. The Bertz CT molecular complexity index is 1380. The van der Waals surface area contributed by atoms with E-state index >= 15 is 0 Å². The molecule has 1 aromatic carbocycles. The van der Waals surface area contributed by atoms with E-state index in [0.29, 0.717) is 36.0 Å². The van der Waals surface area contributed by atoms with Gasteiger partial charge in [-0.1, -0.05) is 18.1 Å². The van der Waals surface area contributed by atoms with Crippen molar-refractivity contribution in [2.75, 3.05) is 35.2 Å². The summed E-state index contributed by atoms with van der Waals surface area (Å²) in [6.45, 7) is 4.74. The number of hydrogen-bond acceptors (Lipinski definition) is 10. The minimum absolute atomic E-state index is 0.129. The van der Waals surface area contributed by atoms with Gasteiger partial charge in [0.1, 0.15) is 30.8 Å². The summed E-state index contributed by atoms with van der Waals surface area (Å²) in [7, 11) is 0. The van der Waals surface area contributed by atoms with Crippen LogP contribution in [0.2, 0.25) is 0 Å². The Kier molecular flexibility index (Phi) is 6.09. The van der Waals surface area contributed by atoms with Crippen molar-refractivity contribution < 1.29 is 5.11 Å². The van der Waals surface area contributed by atoms with Crippen molar-refractivity contribution in [3.05, 3.63) is 61.1 Å². The van der Waals surface area contributed by atoms with E-state index < -0.39 is 0 Å². The first-order valence-corrected chi connectivity index (χ1v) is 11.2. The Hall–Kier alpha value is -4.72. The summed E-state index contributed by atoms with van der Waals surface area (Å²) in [5.74, 6) is 7.81. The molecule has 4 aromatic rings. The molecule has 0 radical (unpaired) electrons. The number of nitrogen functional groups attached to an aromatic ring is 1. The average molecular weight is 469 g/mol. The standard InChI is InChI=1S/C24H24N10O/c1-17-14-32(23-8-9-27-22(29-23)7-4-10-33-16-26-15-28-33)11-12-34(17)20-13-19(30-31-24(20)25)18-5-2-3-6-21(18)35/h2-3,5-6,8-9,13,15-17,35H,10-12,14H2,1H3,(H2,25,31)/t17-/m1/s1. The molecule has 0 bridgehead atoms. The number of aromatic hydroxyl groups is 1. The molecule has 11 nitrogen and oxygen atoms in total. The van der Waals surface area contributed by atoms with Crippen molar-refractivity contribution in [3.63, 3.8) is 0 Å². The normalized spacial score (nSPS) is 15.5. The summed E-state index contributed by atoms with van der Waals surface area (Å²) >= 11 is 0. The van der Waals surface area contributed by atoms with E-state index in [1.54, 1.807) is 29.3 Å². The van der Waals surface area contributed by atoms with Crippen LogP contribution in [-0.2, 0) is 6.54 Å². The molecule has 5 rings (SSSR count). The number of benzene rings is 1. The lowest BCUT2D eigenvalue weighted by molar-refractivity contribution is 0.477. The van der Waals surface area contributed by atoms with E-state index in [-0.39, 0.29) is 11.8 Å². The first-order valence-electron chi connectivity index (χ1n) is 11.2. The average Bonchev–Trinajstić information content (AvgIpc) is 3.39. The van der Waals surface area contributed by atoms with Gasteiger partial charge in [0.15, 0.2) is 5.82 Å². The molecule has 1 fully saturated rings. The third-order valence-corrected chi connectivity index (χ3v) is 5.79.